The van der Waals surface area contributed by atoms with Crippen LogP contribution in [-0.4, -0.2) is 16.1 Å². The highest BCUT2D eigenvalue weighted by molar-refractivity contribution is 6.38. The normalized spacial score (nSPS) is 11.4. The third kappa shape index (κ3) is 2.67. The molecule has 2 aromatic carbocycles. The molecule has 0 spiro atoms. The number of furan rings is 1. The summed E-state index contributed by atoms with van der Waals surface area (Å²) < 4.78 is 33.3. The van der Waals surface area contributed by atoms with Crippen LogP contribution in [0.2, 0.25) is 10.0 Å². The number of hydrogen-bond acceptors (Lipinski definition) is 3. The summed E-state index contributed by atoms with van der Waals surface area (Å²) in [5, 5.41) is 10.5. The number of carboxylic acid groups (broad SMARTS) is 1. The topological polar surface area (TPSA) is 63.3 Å². The number of halogens is 4. The number of carbonyl (C=O) groups is 1. The number of benzene rings is 2. The largest absolute Gasteiger partial charge is 0.478 e. The van der Waals surface area contributed by atoms with Crippen molar-refractivity contribution in [3.63, 3.8) is 0 Å². The van der Waals surface area contributed by atoms with E-state index in [0.29, 0.717) is 22.1 Å². The van der Waals surface area contributed by atoms with Gasteiger partial charge >= 0.3 is 5.97 Å². The minimum absolute atomic E-state index is 0.0730. The molecule has 0 saturated heterocycles. The van der Waals surface area contributed by atoms with Gasteiger partial charge in [-0.1, -0.05) is 23.2 Å². The van der Waals surface area contributed by atoms with Gasteiger partial charge in [0.15, 0.2) is 17.2 Å². The molecular weight excluding hydrogens is 387 g/mol. The second-order valence-corrected chi connectivity index (χ2v) is 6.40. The Morgan fingerprint density at radius 1 is 1.08 bits per heavy atom. The highest BCUT2D eigenvalue weighted by Gasteiger charge is 2.19. The lowest BCUT2D eigenvalue weighted by Gasteiger charge is -2.06. The predicted octanol–water partition coefficient (Wildman–Crippen LogP) is 5.93. The lowest BCUT2D eigenvalue weighted by Crippen LogP contribution is -2.02. The molecule has 0 bridgehead atoms. The van der Waals surface area contributed by atoms with Gasteiger partial charge in [-0.15, -0.1) is 0 Å². The minimum atomic E-state index is -1.35. The van der Waals surface area contributed by atoms with Crippen LogP contribution in [0.1, 0.15) is 10.4 Å². The van der Waals surface area contributed by atoms with Crippen LogP contribution in [-0.2, 0) is 0 Å². The molecule has 0 radical (unpaired) electrons. The molecule has 0 fully saturated rings. The molecule has 0 unspecified atom stereocenters. The summed E-state index contributed by atoms with van der Waals surface area (Å²) in [6.45, 7) is 0. The van der Waals surface area contributed by atoms with Gasteiger partial charge in [-0.2, -0.15) is 0 Å². The standard InChI is InChI=1S/C18H7Cl2F2NO3/c19-8-1-7-2-15(26-17(7)12(20)3-8)14-6-11(18(24)25)10-4-9(21)5-13(22)16(10)23-14/h1-6H,(H,24,25). The van der Waals surface area contributed by atoms with Crippen molar-refractivity contribution in [2.24, 2.45) is 0 Å². The molecule has 4 rings (SSSR count). The Morgan fingerprint density at radius 3 is 2.58 bits per heavy atom. The summed E-state index contributed by atoms with van der Waals surface area (Å²) >= 11 is 12.0. The molecule has 0 aliphatic heterocycles. The van der Waals surface area contributed by atoms with Crippen LogP contribution in [0.3, 0.4) is 0 Å². The van der Waals surface area contributed by atoms with E-state index in [0.717, 1.165) is 6.07 Å². The highest BCUT2D eigenvalue weighted by Crippen LogP contribution is 2.35. The molecule has 4 aromatic rings. The summed E-state index contributed by atoms with van der Waals surface area (Å²) in [6, 6.07) is 7.43. The second kappa shape index (κ2) is 5.93. The molecular formula is C18H7Cl2F2NO3. The first-order chi connectivity index (χ1) is 12.3. The number of hydrogen-bond donors (Lipinski definition) is 1. The number of carboxylic acids is 1. The van der Waals surface area contributed by atoms with E-state index in [9.17, 15) is 18.7 Å². The third-order valence-electron chi connectivity index (χ3n) is 3.85. The van der Waals surface area contributed by atoms with Gasteiger partial charge in [0, 0.05) is 21.9 Å². The minimum Gasteiger partial charge on any atom is -0.478 e. The average Bonchev–Trinajstić information content (AvgIpc) is 2.98. The first-order valence-electron chi connectivity index (χ1n) is 7.25. The Bertz CT molecular complexity index is 1220. The van der Waals surface area contributed by atoms with Crippen molar-refractivity contribution >= 4 is 51.0 Å². The van der Waals surface area contributed by atoms with E-state index in [1.165, 1.54) is 12.1 Å². The molecule has 130 valence electrons. The van der Waals surface area contributed by atoms with E-state index in [4.69, 9.17) is 27.6 Å². The van der Waals surface area contributed by atoms with Crippen LogP contribution in [0, 0.1) is 11.6 Å². The quantitative estimate of drug-likeness (QED) is 0.458. The lowest BCUT2D eigenvalue weighted by atomic mass is 10.1. The van der Waals surface area contributed by atoms with Gasteiger partial charge in [-0.25, -0.2) is 18.6 Å². The van der Waals surface area contributed by atoms with Crippen LogP contribution in [0.5, 0.6) is 0 Å². The summed E-state index contributed by atoms with van der Waals surface area (Å²) in [4.78, 5) is 15.7. The second-order valence-electron chi connectivity index (χ2n) is 5.56. The first kappa shape index (κ1) is 16.8. The Labute approximate surface area is 154 Å². The zero-order valence-corrected chi connectivity index (χ0v) is 14.2. The van der Waals surface area contributed by atoms with E-state index in [2.05, 4.69) is 4.98 Å². The molecule has 2 heterocycles. The van der Waals surface area contributed by atoms with Crippen molar-refractivity contribution in [1.29, 1.82) is 0 Å². The number of rotatable bonds is 2. The highest BCUT2D eigenvalue weighted by atomic mass is 35.5. The fourth-order valence-corrected chi connectivity index (χ4v) is 3.31. The number of aromatic nitrogens is 1. The van der Waals surface area contributed by atoms with Crippen LogP contribution in [0.15, 0.2) is 40.8 Å². The van der Waals surface area contributed by atoms with Crippen molar-refractivity contribution in [3.8, 4) is 11.5 Å². The SMILES string of the molecule is O=C(O)c1cc(-c2cc3cc(Cl)cc(Cl)c3o2)nc2c(F)cc(F)cc12. The number of nitrogens with zero attached hydrogens (tertiary/aromatic N) is 1. The molecule has 26 heavy (non-hydrogen) atoms. The van der Waals surface area contributed by atoms with Crippen molar-refractivity contribution in [2.75, 3.05) is 0 Å². The fraction of sp³-hybridized carbons (Fsp3) is 0. The summed E-state index contributed by atoms with van der Waals surface area (Å²) in [5.74, 6) is -3.03. The number of fused-ring (bicyclic) bond motifs is 2. The van der Waals surface area contributed by atoms with Gasteiger partial charge in [0.2, 0.25) is 0 Å². The molecule has 0 saturated carbocycles. The molecule has 4 nitrogen and oxygen atoms in total. The van der Waals surface area contributed by atoms with Gasteiger partial charge in [0.25, 0.3) is 0 Å². The maximum atomic E-state index is 14.1. The first-order valence-corrected chi connectivity index (χ1v) is 8.01. The third-order valence-corrected chi connectivity index (χ3v) is 4.35. The van der Waals surface area contributed by atoms with Crippen molar-refractivity contribution in [1.82, 2.24) is 4.98 Å². The summed E-state index contributed by atoms with van der Waals surface area (Å²) in [7, 11) is 0. The van der Waals surface area contributed by atoms with E-state index in [1.807, 2.05) is 0 Å². The Balaban J connectivity index is 2.03. The Morgan fingerprint density at radius 2 is 1.85 bits per heavy atom. The van der Waals surface area contributed by atoms with Crippen LogP contribution in [0.25, 0.3) is 33.3 Å². The molecule has 0 aliphatic rings. The zero-order valence-electron chi connectivity index (χ0n) is 12.7. The average molecular weight is 394 g/mol. The predicted molar refractivity (Wildman–Crippen MR) is 93.8 cm³/mol. The van der Waals surface area contributed by atoms with E-state index >= 15 is 0 Å². The van der Waals surface area contributed by atoms with Crippen LogP contribution in [0.4, 0.5) is 8.78 Å². The summed E-state index contributed by atoms with van der Waals surface area (Å²) in [6.07, 6.45) is 0. The van der Waals surface area contributed by atoms with E-state index in [-0.39, 0.29) is 32.9 Å². The monoisotopic (exact) mass is 393 g/mol. The van der Waals surface area contributed by atoms with Crippen LogP contribution >= 0.6 is 23.2 Å². The Hall–Kier alpha value is -2.70. The van der Waals surface area contributed by atoms with Gasteiger partial charge in [-0.3, -0.25) is 0 Å². The van der Waals surface area contributed by atoms with Gasteiger partial charge < -0.3 is 9.52 Å². The lowest BCUT2D eigenvalue weighted by molar-refractivity contribution is 0.0699. The van der Waals surface area contributed by atoms with Crippen molar-refractivity contribution in [2.45, 2.75) is 0 Å². The molecule has 1 N–H and O–H groups in total. The van der Waals surface area contributed by atoms with Crippen molar-refractivity contribution < 1.29 is 23.1 Å². The summed E-state index contributed by atoms with van der Waals surface area (Å²) in [5.41, 5.74) is -0.160. The molecule has 8 heteroatoms. The molecule has 2 aromatic heterocycles. The number of pyridine rings is 1. The number of aromatic carboxylic acids is 1. The molecule has 0 aliphatic carbocycles. The van der Waals surface area contributed by atoms with E-state index in [1.54, 1.807) is 12.1 Å². The van der Waals surface area contributed by atoms with Crippen LogP contribution < -0.4 is 0 Å². The van der Waals surface area contributed by atoms with Gasteiger partial charge in [-0.05, 0) is 30.3 Å². The maximum Gasteiger partial charge on any atom is 0.336 e. The molecule has 0 atom stereocenters. The molecule has 0 amide bonds. The fourth-order valence-electron chi connectivity index (χ4n) is 2.76. The van der Waals surface area contributed by atoms with Crippen molar-refractivity contribution in [3.05, 3.63) is 63.6 Å². The van der Waals surface area contributed by atoms with E-state index < -0.39 is 17.6 Å². The maximum absolute atomic E-state index is 14.1. The van der Waals surface area contributed by atoms with Gasteiger partial charge in [0.1, 0.15) is 17.0 Å². The zero-order chi connectivity index (χ0) is 18.6. The van der Waals surface area contributed by atoms with Gasteiger partial charge in [0.05, 0.1) is 10.6 Å². The Kier molecular flexibility index (Phi) is 3.82. The smallest absolute Gasteiger partial charge is 0.336 e.